The number of imidazole rings is 1. The van der Waals surface area contributed by atoms with Crippen molar-refractivity contribution < 1.29 is 4.39 Å². The number of halogens is 2. The van der Waals surface area contributed by atoms with Gasteiger partial charge in [-0.25, -0.2) is 9.37 Å². The van der Waals surface area contributed by atoms with Crippen molar-refractivity contribution in [2.75, 3.05) is 0 Å². The van der Waals surface area contributed by atoms with Gasteiger partial charge >= 0.3 is 0 Å². The first kappa shape index (κ1) is 12.9. The lowest BCUT2D eigenvalue weighted by molar-refractivity contribution is 0.282. The summed E-state index contributed by atoms with van der Waals surface area (Å²) in [5.74, 6) is 1.34. The second kappa shape index (κ2) is 5.12. The van der Waals surface area contributed by atoms with Gasteiger partial charge in [0.2, 0.25) is 0 Å². The number of nitrogens with zero attached hydrogens (tertiary/aromatic N) is 2. The Kier molecular flexibility index (Phi) is 3.48. The summed E-state index contributed by atoms with van der Waals surface area (Å²) in [6.07, 6.45) is 5.14. The average molecular weight is 281 g/mol. The van der Waals surface area contributed by atoms with Gasteiger partial charge in [-0.05, 0) is 31.4 Å². The fourth-order valence-corrected chi connectivity index (χ4v) is 2.93. The lowest BCUT2D eigenvalue weighted by atomic mass is 9.83. The largest absolute Gasteiger partial charge is 0.327 e. The summed E-state index contributed by atoms with van der Waals surface area (Å²) in [6.45, 7) is 2.78. The summed E-state index contributed by atoms with van der Waals surface area (Å²) < 4.78 is 15.9. The van der Waals surface area contributed by atoms with Crippen molar-refractivity contribution in [3.63, 3.8) is 0 Å². The molecule has 1 aromatic heterocycles. The molecule has 0 aliphatic heterocycles. The maximum absolute atomic E-state index is 13.8. The molecular weight excluding hydrogens is 263 g/mol. The number of aryl methyl sites for hydroxylation is 1. The summed E-state index contributed by atoms with van der Waals surface area (Å²) >= 11 is 6.19. The number of hydrogen-bond acceptors (Lipinski definition) is 1. The van der Waals surface area contributed by atoms with E-state index in [0.717, 1.165) is 30.2 Å². The highest BCUT2D eigenvalue weighted by atomic mass is 35.5. The maximum atomic E-state index is 13.8. The van der Waals surface area contributed by atoms with E-state index in [2.05, 4.69) is 9.55 Å². The van der Waals surface area contributed by atoms with E-state index in [-0.39, 0.29) is 11.2 Å². The quantitative estimate of drug-likeness (QED) is 0.745. The number of hydrogen-bond donors (Lipinski definition) is 0. The van der Waals surface area contributed by atoms with Crippen molar-refractivity contribution in [3.05, 3.63) is 29.8 Å². The maximum Gasteiger partial charge on any atom is 0.151 e. The van der Waals surface area contributed by atoms with Crippen LogP contribution >= 0.6 is 11.6 Å². The summed E-state index contributed by atoms with van der Waals surface area (Å²) in [4.78, 5) is 4.39. The average Bonchev–Trinajstić information content (AvgIpc) is 2.68. The Bertz CT molecular complexity index is 587. The molecule has 19 heavy (non-hydrogen) atoms. The highest BCUT2D eigenvalue weighted by Gasteiger charge is 2.20. The van der Waals surface area contributed by atoms with Crippen molar-refractivity contribution in [1.82, 2.24) is 9.55 Å². The van der Waals surface area contributed by atoms with Gasteiger partial charge in [-0.2, -0.15) is 0 Å². The van der Waals surface area contributed by atoms with Crippen LogP contribution in [0, 0.1) is 11.7 Å². The molecule has 0 radical (unpaired) electrons. The molecular formula is C15H18ClFN2. The van der Waals surface area contributed by atoms with Crippen LogP contribution in [-0.2, 0) is 6.54 Å². The standard InChI is InChI=1S/C15H18ClFN2/c1-10(16)15-18-14-12(17)6-3-7-13(14)19(15)9-8-11-4-2-5-11/h3,6-7,10-11H,2,4-5,8-9H2,1H3. The molecule has 102 valence electrons. The zero-order chi connectivity index (χ0) is 13.4. The molecule has 2 aromatic rings. The first-order chi connectivity index (χ1) is 9.16. The molecule has 1 atom stereocenters. The van der Waals surface area contributed by atoms with Crippen molar-refractivity contribution >= 4 is 22.6 Å². The van der Waals surface area contributed by atoms with Gasteiger partial charge in [0.25, 0.3) is 0 Å². The molecule has 0 amide bonds. The van der Waals surface area contributed by atoms with Crippen LogP contribution in [0.5, 0.6) is 0 Å². The second-order valence-electron chi connectivity index (χ2n) is 5.43. The van der Waals surface area contributed by atoms with E-state index in [1.165, 1.54) is 25.3 Å². The summed E-state index contributed by atoms with van der Waals surface area (Å²) in [5.41, 5.74) is 1.31. The Morgan fingerprint density at radius 3 is 2.89 bits per heavy atom. The molecule has 1 saturated carbocycles. The van der Waals surface area contributed by atoms with E-state index in [0.29, 0.717) is 5.52 Å². The van der Waals surface area contributed by atoms with Crippen LogP contribution in [-0.4, -0.2) is 9.55 Å². The van der Waals surface area contributed by atoms with Crippen LogP contribution < -0.4 is 0 Å². The van der Waals surface area contributed by atoms with Crippen molar-refractivity contribution in [1.29, 1.82) is 0 Å². The molecule has 1 heterocycles. The van der Waals surface area contributed by atoms with E-state index >= 15 is 0 Å². The molecule has 1 fully saturated rings. The molecule has 1 aromatic carbocycles. The summed E-state index contributed by atoms with van der Waals surface area (Å²) in [5, 5.41) is -0.201. The van der Waals surface area contributed by atoms with E-state index in [1.54, 1.807) is 6.07 Å². The van der Waals surface area contributed by atoms with Crippen molar-refractivity contribution in [2.24, 2.45) is 5.92 Å². The third-order valence-electron chi connectivity index (χ3n) is 4.10. The first-order valence-electron chi connectivity index (χ1n) is 6.95. The third kappa shape index (κ3) is 2.36. The number of para-hydroxylation sites is 1. The van der Waals surface area contributed by atoms with Gasteiger partial charge in [0.15, 0.2) is 5.82 Å². The van der Waals surface area contributed by atoms with Crippen LogP contribution in [0.1, 0.15) is 43.8 Å². The molecule has 0 N–H and O–H groups in total. The molecule has 1 unspecified atom stereocenters. The normalized spacial score (nSPS) is 17.6. The molecule has 0 saturated heterocycles. The van der Waals surface area contributed by atoms with Crippen molar-refractivity contribution in [2.45, 2.75) is 44.5 Å². The van der Waals surface area contributed by atoms with Gasteiger partial charge in [-0.1, -0.05) is 25.3 Å². The number of aromatic nitrogens is 2. The number of alkyl halides is 1. The van der Waals surface area contributed by atoms with Gasteiger partial charge in [0.05, 0.1) is 10.9 Å². The Labute approximate surface area is 117 Å². The molecule has 0 bridgehead atoms. The Morgan fingerprint density at radius 1 is 1.47 bits per heavy atom. The smallest absolute Gasteiger partial charge is 0.151 e. The fraction of sp³-hybridized carbons (Fsp3) is 0.533. The van der Waals surface area contributed by atoms with Gasteiger partial charge in [0.1, 0.15) is 11.3 Å². The minimum Gasteiger partial charge on any atom is -0.327 e. The van der Waals surface area contributed by atoms with Gasteiger partial charge in [0, 0.05) is 6.54 Å². The van der Waals surface area contributed by atoms with Gasteiger partial charge < -0.3 is 4.57 Å². The van der Waals surface area contributed by atoms with Crippen molar-refractivity contribution in [3.8, 4) is 0 Å². The van der Waals surface area contributed by atoms with E-state index in [1.807, 2.05) is 13.0 Å². The monoisotopic (exact) mass is 280 g/mol. The lowest BCUT2D eigenvalue weighted by Crippen LogP contribution is -2.15. The zero-order valence-electron chi connectivity index (χ0n) is 11.1. The topological polar surface area (TPSA) is 17.8 Å². The van der Waals surface area contributed by atoms with Crippen LogP contribution in [0.2, 0.25) is 0 Å². The molecule has 2 nitrogen and oxygen atoms in total. The van der Waals surface area contributed by atoms with E-state index in [9.17, 15) is 4.39 Å². The van der Waals surface area contributed by atoms with Crippen LogP contribution in [0.25, 0.3) is 11.0 Å². The lowest BCUT2D eigenvalue weighted by Gasteiger charge is -2.25. The zero-order valence-corrected chi connectivity index (χ0v) is 11.8. The number of rotatable bonds is 4. The third-order valence-corrected chi connectivity index (χ3v) is 4.30. The SMILES string of the molecule is CC(Cl)c1nc2c(F)cccc2n1CCC1CCC1. The number of benzene rings is 1. The minimum absolute atomic E-state index is 0.201. The van der Waals surface area contributed by atoms with E-state index < -0.39 is 0 Å². The van der Waals surface area contributed by atoms with Crippen LogP contribution in [0.15, 0.2) is 18.2 Å². The van der Waals surface area contributed by atoms with Crippen LogP contribution in [0.4, 0.5) is 4.39 Å². The fourth-order valence-electron chi connectivity index (χ4n) is 2.76. The Morgan fingerprint density at radius 2 is 2.26 bits per heavy atom. The Balaban J connectivity index is 1.98. The summed E-state index contributed by atoms with van der Waals surface area (Å²) in [6, 6.07) is 5.12. The minimum atomic E-state index is -0.265. The molecule has 0 spiro atoms. The van der Waals surface area contributed by atoms with E-state index in [4.69, 9.17) is 11.6 Å². The molecule has 1 aliphatic rings. The highest BCUT2D eigenvalue weighted by molar-refractivity contribution is 6.20. The number of fused-ring (bicyclic) bond motifs is 1. The summed E-state index contributed by atoms with van der Waals surface area (Å²) in [7, 11) is 0. The van der Waals surface area contributed by atoms with Crippen LogP contribution in [0.3, 0.4) is 0 Å². The van der Waals surface area contributed by atoms with Gasteiger partial charge in [-0.15, -0.1) is 11.6 Å². The predicted octanol–water partition coefficient (Wildman–Crippen LogP) is 4.67. The highest BCUT2D eigenvalue weighted by Crippen LogP contribution is 2.32. The molecule has 1 aliphatic carbocycles. The first-order valence-corrected chi connectivity index (χ1v) is 7.39. The second-order valence-corrected chi connectivity index (χ2v) is 6.09. The predicted molar refractivity (Wildman–Crippen MR) is 75.9 cm³/mol. The Hall–Kier alpha value is -1.09. The molecule has 4 heteroatoms. The van der Waals surface area contributed by atoms with Gasteiger partial charge in [-0.3, -0.25) is 0 Å². The molecule has 3 rings (SSSR count).